The number of rotatable bonds is 8. The number of nitro groups is 1. The second-order valence-electron chi connectivity index (χ2n) is 9.27. The lowest BCUT2D eigenvalue weighted by Crippen LogP contribution is -2.37. The van der Waals surface area contributed by atoms with Crippen LogP contribution in [-0.4, -0.2) is 60.9 Å². The lowest BCUT2D eigenvalue weighted by molar-refractivity contribution is -0.384. The first-order valence-corrected chi connectivity index (χ1v) is 11.9. The zero-order valence-electron chi connectivity index (χ0n) is 21.1. The molecule has 1 saturated heterocycles. The van der Waals surface area contributed by atoms with Gasteiger partial charge in [-0.05, 0) is 55.9 Å². The fourth-order valence-corrected chi connectivity index (χ4v) is 4.13. The third-order valence-electron chi connectivity index (χ3n) is 6.41. The minimum Gasteiger partial charge on any atom is -0.452 e. The summed E-state index contributed by atoms with van der Waals surface area (Å²) in [5.74, 6) is -1.23. The van der Waals surface area contributed by atoms with Crippen molar-refractivity contribution >= 4 is 34.8 Å². The number of nitrogens with zero attached hydrogens (tertiary/aromatic N) is 3. The van der Waals surface area contributed by atoms with E-state index in [1.165, 1.54) is 19.2 Å². The average molecular weight is 497 g/mol. The molecule has 3 rings (SSSR count). The number of para-hydroxylation sites is 1. The van der Waals surface area contributed by atoms with Crippen molar-refractivity contribution < 1.29 is 24.0 Å². The number of benzene rings is 2. The van der Waals surface area contributed by atoms with Gasteiger partial charge in [0, 0.05) is 31.9 Å². The normalized spacial score (nSPS) is 13.7. The Kier molecular flexibility index (Phi) is 8.63. The van der Waals surface area contributed by atoms with E-state index >= 15 is 0 Å². The van der Waals surface area contributed by atoms with Crippen molar-refractivity contribution in [3.8, 4) is 0 Å². The molecule has 0 atom stereocenters. The molecule has 1 N–H and O–H groups in total. The molecule has 0 spiro atoms. The quantitative estimate of drug-likeness (QED) is 0.336. The standard InChI is InChI=1S/C26H32N4O6/c1-17-10-12-29(13-11-17)21-9-8-20(14-22(21)30(34)35)26(33)36-16-24(32)28(4)15-23(31)27-25-18(2)6-5-7-19(25)3/h5-9,14,17H,10-13,15-16H2,1-4H3,(H,27,31). The molecule has 1 aliphatic heterocycles. The molecular formula is C26H32N4O6. The van der Waals surface area contributed by atoms with Crippen molar-refractivity contribution in [1.82, 2.24) is 4.90 Å². The summed E-state index contributed by atoms with van der Waals surface area (Å²) >= 11 is 0. The third kappa shape index (κ3) is 6.59. The largest absolute Gasteiger partial charge is 0.452 e. The zero-order valence-corrected chi connectivity index (χ0v) is 21.1. The number of amides is 2. The van der Waals surface area contributed by atoms with Crippen LogP contribution >= 0.6 is 0 Å². The highest BCUT2D eigenvalue weighted by atomic mass is 16.6. The van der Waals surface area contributed by atoms with E-state index in [0.717, 1.165) is 28.9 Å². The first-order valence-electron chi connectivity index (χ1n) is 11.9. The predicted molar refractivity (Wildman–Crippen MR) is 136 cm³/mol. The molecule has 10 heteroatoms. The van der Waals surface area contributed by atoms with Gasteiger partial charge < -0.3 is 19.9 Å². The van der Waals surface area contributed by atoms with Gasteiger partial charge in [-0.1, -0.05) is 25.1 Å². The minimum absolute atomic E-state index is 0.0148. The van der Waals surface area contributed by atoms with Crippen LogP contribution in [0.2, 0.25) is 0 Å². The van der Waals surface area contributed by atoms with Gasteiger partial charge in [0.25, 0.3) is 11.6 Å². The van der Waals surface area contributed by atoms with E-state index in [4.69, 9.17) is 4.74 Å². The van der Waals surface area contributed by atoms with Gasteiger partial charge in [0.2, 0.25) is 5.91 Å². The number of esters is 1. The van der Waals surface area contributed by atoms with E-state index in [1.807, 2.05) is 36.9 Å². The fraction of sp³-hybridized carbons (Fsp3) is 0.423. The highest BCUT2D eigenvalue weighted by Gasteiger charge is 2.25. The van der Waals surface area contributed by atoms with Crippen LogP contribution in [0.1, 0.15) is 41.3 Å². The summed E-state index contributed by atoms with van der Waals surface area (Å²) in [6, 6.07) is 9.84. The van der Waals surface area contributed by atoms with Crippen LogP contribution in [0, 0.1) is 29.9 Å². The molecule has 0 aromatic heterocycles. The van der Waals surface area contributed by atoms with Crippen LogP contribution in [-0.2, 0) is 14.3 Å². The van der Waals surface area contributed by atoms with Gasteiger partial charge in [0.15, 0.2) is 6.61 Å². The van der Waals surface area contributed by atoms with Gasteiger partial charge in [-0.2, -0.15) is 0 Å². The predicted octanol–water partition coefficient (Wildman–Crippen LogP) is 3.70. The van der Waals surface area contributed by atoms with E-state index in [2.05, 4.69) is 12.2 Å². The van der Waals surface area contributed by atoms with Crippen molar-refractivity contribution in [1.29, 1.82) is 0 Å². The highest BCUT2D eigenvalue weighted by molar-refractivity contribution is 5.96. The van der Waals surface area contributed by atoms with Crippen LogP contribution in [0.15, 0.2) is 36.4 Å². The van der Waals surface area contributed by atoms with Crippen molar-refractivity contribution in [2.75, 3.05) is 43.5 Å². The Bertz CT molecular complexity index is 1140. The van der Waals surface area contributed by atoms with E-state index in [9.17, 15) is 24.5 Å². The molecule has 1 aliphatic rings. The van der Waals surface area contributed by atoms with Gasteiger partial charge in [-0.15, -0.1) is 0 Å². The second-order valence-corrected chi connectivity index (χ2v) is 9.27. The maximum Gasteiger partial charge on any atom is 0.338 e. The van der Waals surface area contributed by atoms with Gasteiger partial charge in [-0.25, -0.2) is 4.79 Å². The molecule has 2 aromatic rings. The molecule has 10 nitrogen and oxygen atoms in total. The molecule has 0 aliphatic carbocycles. The molecule has 1 fully saturated rings. The van der Waals surface area contributed by atoms with Gasteiger partial charge in [0.05, 0.1) is 17.0 Å². The van der Waals surface area contributed by atoms with Gasteiger partial charge >= 0.3 is 5.97 Å². The molecule has 192 valence electrons. The Hall–Kier alpha value is -3.95. The first-order chi connectivity index (χ1) is 17.1. The highest BCUT2D eigenvalue weighted by Crippen LogP contribution is 2.32. The van der Waals surface area contributed by atoms with Crippen LogP contribution < -0.4 is 10.2 Å². The van der Waals surface area contributed by atoms with Crippen LogP contribution in [0.4, 0.5) is 17.1 Å². The minimum atomic E-state index is -0.848. The van der Waals surface area contributed by atoms with Gasteiger partial charge in [-0.3, -0.25) is 19.7 Å². The number of hydrogen-bond acceptors (Lipinski definition) is 7. The van der Waals surface area contributed by atoms with Crippen molar-refractivity contribution in [2.24, 2.45) is 5.92 Å². The SMILES string of the molecule is Cc1cccc(C)c1NC(=O)CN(C)C(=O)COC(=O)c1ccc(N2CCC(C)CC2)c([N+](=O)[O-])c1. The lowest BCUT2D eigenvalue weighted by atomic mass is 9.98. The number of likely N-dealkylation sites (N-methyl/N-ethyl adjacent to an activating group) is 1. The number of hydrogen-bond donors (Lipinski definition) is 1. The van der Waals surface area contributed by atoms with Crippen molar-refractivity contribution in [3.63, 3.8) is 0 Å². The summed E-state index contributed by atoms with van der Waals surface area (Å²) in [4.78, 5) is 51.6. The number of ether oxygens (including phenoxy) is 1. The Morgan fingerprint density at radius 2 is 1.78 bits per heavy atom. The smallest absolute Gasteiger partial charge is 0.338 e. The second kappa shape index (κ2) is 11.7. The number of nitro benzene ring substituents is 1. The number of carbonyl (C=O) groups is 3. The monoisotopic (exact) mass is 496 g/mol. The molecule has 0 saturated carbocycles. The molecule has 1 heterocycles. The molecule has 0 unspecified atom stereocenters. The Morgan fingerprint density at radius 1 is 1.14 bits per heavy atom. The van der Waals surface area contributed by atoms with Crippen LogP contribution in [0.3, 0.4) is 0 Å². The summed E-state index contributed by atoms with van der Waals surface area (Å²) in [6.07, 6.45) is 1.89. The summed E-state index contributed by atoms with van der Waals surface area (Å²) < 4.78 is 5.09. The van der Waals surface area contributed by atoms with E-state index < -0.39 is 23.4 Å². The van der Waals surface area contributed by atoms with Gasteiger partial charge in [0.1, 0.15) is 5.69 Å². The molecule has 2 aromatic carbocycles. The van der Waals surface area contributed by atoms with E-state index in [-0.39, 0.29) is 23.7 Å². The van der Waals surface area contributed by atoms with Crippen LogP contribution in [0.5, 0.6) is 0 Å². The Balaban J connectivity index is 1.57. The molecule has 0 bridgehead atoms. The average Bonchev–Trinajstić information content (AvgIpc) is 2.84. The summed E-state index contributed by atoms with van der Waals surface area (Å²) in [5.41, 5.74) is 2.78. The molecular weight excluding hydrogens is 464 g/mol. The Labute approximate surface area is 210 Å². The lowest BCUT2D eigenvalue weighted by Gasteiger charge is -2.31. The maximum absolute atomic E-state index is 12.5. The topological polar surface area (TPSA) is 122 Å². The molecule has 2 amide bonds. The zero-order chi connectivity index (χ0) is 26.4. The number of piperidine rings is 1. The van der Waals surface area contributed by atoms with Crippen molar-refractivity contribution in [3.05, 3.63) is 63.2 Å². The molecule has 36 heavy (non-hydrogen) atoms. The van der Waals surface area contributed by atoms with E-state index in [0.29, 0.717) is 30.4 Å². The number of anilines is 2. The number of nitrogens with one attached hydrogen (secondary N) is 1. The Morgan fingerprint density at radius 3 is 2.39 bits per heavy atom. The van der Waals surface area contributed by atoms with E-state index in [1.54, 1.807) is 6.07 Å². The molecule has 0 radical (unpaired) electrons. The fourth-order valence-electron chi connectivity index (χ4n) is 4.13. The van der Waals surface area contributed by atoms with Crippen LogP contribution in [0.25, 0.3) is 0 Å². The summed E-state index contributed by atoms with van der Waals surface area (Å²) in [5, 5.41) is 14.5. The maximum atomic E-state index is 12.5. The number of carbonyl (C=O) groups excluding carboxylic acids is 3. The summed E-state index contributed by atoms with van der Waals surface area (Å²) in [6.45, 7) is 6.51. The third-order valence-corrected chi connectivity index (χ3v) is 6.41. The number of aryl methyl sites for hydroxylation is 2. The first kappa shape index (κ1) is 26.7. The summed E-state index contributed by atoms with van der Waals surface area (Å²) in [7, 11) is 1.43. The van der Waals surface area contributed by atoms with Crippen molar-refractivity contribution in [2.45, 2.75) is 33.6 Å².